The van der Waals surface area contributed by atoms with Gasteiger partial charge in [0.05, 0.1) is 12.0 Å². The summed E-state index contributed by atoms with van der Waals surface area (Å²) in [4.78, 5) is 25.2. The van der Waals surface area contributed by atoms with E-state index in [1.54, 1.807) is 44.2 Å². The second-order valence-corrected chi connectivity index (χ2v) is 8.67. The van der Waals surface area contributed by atoms with E-state index in [2.05, 4.69) is 5.32 Å². The van der Waals surface area contributed by atoms with Crippen molar-refractivity contribution in [2.75, 3.05) is 12.4 Å². The fourth-order valence-electron chi connectivity index (χ4n) is 3.17. The van der Waals surface area contributed by atoms with Crippen LogP contribution in [0.15, 0.2) is 75.2 Å². The predicted molar refractivity (Wildman–Crippen MR) is 114 cm³/mol. The molecule has 0 unspecified atom stereocenters. The Morgan fingerprint density at radius 2 is 1.67 bits per heavy atom. The number of hydrogen-bond donors (Lipinski definition) is 1. The molecule has 0 spiro atoms. The Morgan fingerprint density at radius 3 is 2.27 bits per heavy atom. The molecule has 1 aromatic heterocycles. The summed E-state index contributed by atoms with van der Waals surface area (Å²) in [6.07, 6.45) is 0. The lowest BCUT2D eigenvalue weighted by Crippen LogP contribution is -2.33. The van der Waals surface area contributed by atoms with E-state index in [-0.39, 0.29) is 16.3 Å². The number of amides is 1. The number of hydrogen-bond acceptors (Lipinski definition) is 5. The molecule has 2 aromatic carbocycles. The smallest absolute Gasteiger partial charge is 0.270 e. The predicted octanol–water partition coefficient (Wildman–Crippen LogP) is 2.95. The van der Waals surface area contributed by atoms with Crippen LogP contribution in [0, 0.1) is 13.8 Å². The molecule has 0 fully saturated rings. The molecule has 1 heterocycles. The maximum absolute atomic E-state index is 13.2. The molecule has 1 amide bonds. The number of rotatable bonds is 6. The lowest BCUT2D eigenvalue weighted by molar-refractivity contribution is -0.116. The Balaban J connectivity index is 2.00. The van der Waals surface area contributed by atoms with Gasteiger partial charge in [0.25, 0.3) is 5.56 Å². The first kappa shape index (κ1) is 21.3. The largest absolute Gasteiger partial charge is 0.497 e. The number of nitrogens with one attached hydrogen (secondary N) is 1. The van der Waals surface area contributed by atoms with E-state index >= 15 is 0 Å². The summed E-state index contributed by atoms with van der Waals surface area (Å²) >= 11 is 0. The second-order valence-electron chi connectivity index (χ2n) is 6.78. The highest BCUT2D eigenvalue weighted by atomic mass is 32.2. The average molecular weight is 426 g/mol. The van der Waals surface area contributed by atoms with E-state index in [0.29, 0.717) is 22.7 Å². The summed E-state index contributed by atoms with van der Waals surface area (Å²) in [5.41, 5.74) is 0.681. The van der Waals surface area contributed by atoms with E-state index < -0.39 is 21.3 Å². The van der Waals surface area contributed by atoms with Gasteiger partial charge in [-0.15, -0.1) is 0 Å². The number of methoxy groups -OCH3 is 1. The first-order valence-electron chi connectivity index (χ1n) is 9.19. The van der Waals surface area contributed by atoms with E-state index in [1.165, 1.54) is 35.9 Å². The number of sulfone groups is 1. The van der Waals surface area contributed by atoms with Gasteiger partial charge in [0.1, 0.15) is 17.2 Å². The third-order valence-electron chi connectivity index (χ3n) is 4.65. The summed E-state index contributed by atoms with van der Waals surface area (Å²) in [5.74, 6) is 0.0765. The van der Waals surface area contributed by atoms with Crippen molar-refractivity contribution in [3.8, 4) is 5.75 Å². The number of anilines is 1. The summed E-state index contributed by atoms with van der Waals surface area (Å²) in [6, 6.07) is 16.2. The van der Waals surface area contributed by atoms with E-state index in [0.717, 1.165) is 0 Å². The van der Waals surface area contributed by atoms with Crippen LogP contribution >= 0.6 is 0 Å². The number of nitrogens with zero attached hydrogens (tertiary/aromatic N) is 1. The lowest BCUT2D eigenvalue weighted by atomic mass is 10.2. The monoisotopic (exact) mass is 426 g/mol. The Hall–Kier alpha value is -3.39. The van der Waals surface area contributed by atoms with Gasteiger partial charge in [-0.2, -0.15) is 0 Å². The number of ether oxygens (including phenoxy) is 1. The van der Waals surface area contributed by atoms with Crippen molar-refractivity contribution in [3.05, 3.63) is 82.3 Å². The van der Waals surface area contributed by atoms with E-state index in [9.17, 15) is 18.0 Å². The normalized spacial score (nSPS) is 11.2. The molecule has 0 atom stereocenters. The zero-order chi connectivity index (χ0) is 21.9. The number of pyridine rings is 1. The van der Waals surface area contributed by atoms with Gasteiger partial charge >= 0.3 is 0 Å². The number of para-hydroxylation sites is 1. The van der Waals surface area contributed by atoms with E-state index in [1.807, 2.05) is 6.07 Å². The van der Waals surface area contributed by atoms with Crippen LogP contribution < -0.4 is 15.6 Å². The SMILES string of the molecule is COc1ccc(S(=O)(=O)c2c(C)cc(C)n(CC(=O)Nc3ccccc3)c2=O)cc1. The molecule has 8 heteroatoms. The van der Waals surface area contributed by atoms with Gasteiger partial charge in [-0.05, 0) is 61.9 Å². The van der Waals surface area contributed by atoms with Crippen molar-refractivity contribution < 1.29 is 17.9 Å². The first-order valence-corrected chi connectivity index (χ1v) is 10.7. The van der Waals surface area contributed by atoms with Crippen LogP contribution in [-0.4, -0.2) is 26.0 Å². The minimum Gasteiger partial charge on any atom is -0.497 e. The third-order valence-corrected chi connectivity index (χ3v) is 6.57. The topological polar surface area (TPSA) is 94.5 Å². The lowest BCUT2D eigenvalue weighted by Gasteiger charge is -2.15. The van der Waals surface area contributed by atoms with Crippen molar-refractivity contribution in [3.63, 3.8) is 0 Å². The molecule has 156 valence electrons. The Labute approximate surface area is 174 Å². The fraction of sp³-hybridized carbons (Fsp3) is 0.182. The number of aromatic nitrogens is 1. The van der Waals surface area contributed by atoms with Crippen molar-refractivity contribution >= 4 is 21.4 Å². The maximum atomic E-state index is 13.2. The highest BCUT2D eigenvalue weighted by Gasteiger charge is 2.26. The Kier molecular flexibility index (Phi) is 6.07. The van der Waals surface area contributed by atoms with Crippen LogP contribution in [0.3, 0.4) is 0 Å². The first-order chi connectivity index (χ1) is 14.2. The van der Waals surface area contributed by atoms with Gasteiger partial charge in [-0.3, -0.25) is 9.59 Å². The molecule has 1 N–H and O–H groups in total. The fourth-order valence-corrected chi connectivity index (χ4v) is 4.72. The number of benzene rings is 2. The van der Waals surface area contributed by atoms with Crippen LogP contribution in [0.25, 0.3) is 0 Å². The molecule has 0 aliphatic heterocycles. The van der Waals surface area contributed by atoms with Crippen LogP contribution in [0.5, 0.6) is 5.75 Å². The molecule has 30 heavy (non-hydrogen) atoms. The highest BCUT2D eigenvalue weighted by molar-refractivity contribution is 7.91. The molecule has 0 aliphatic rings. The van der Waals surface area contributed by atoms with Crippen LogP contribution in [0.2, 0.25) is 0 Å². The quantitative estimate of drug-likeness (QED) is 0.654. The zero-order valence-corrected chi connectivity index (χ0v) is 17.7. The number of aryl methyl sites for hydroxylation is 2. The standard InChI is InChI=1S/C22H22N2O5S/c1-15-13-16(2)24(14-20(25)23-17-7-5-4-6-8-17)22(26)21(15)30(27,28)19-11-9-18(29-3)10-12-19/h4-13H,14H2,1-3H3,(H,23,25). The zero-order valence-electron chi connectivity index (χ0n) is 16.9. The molecule has 0 aliphatic carbocycles. The molecular formula is C22H22N2O5S. The van der Waals surface area contributed by atoms with Crippen molar-refractivity contribution in [2.24, 2.45) is 0 Å². The molecular weight excluding hydrogens is 404 g/mol. The second kappa shape index (κ2) is 8.54. The van der Waals surface area contributed by atoms with Crippen molar-refractivity contribution in [1.29, 1.82) is 0 Å². The van der Waals surface area contributed by atoms with Crippen LogP contribution in [-0.2, 0) is 21.2 Å². The van der Waals surface area contributed by atoms with Crippen molar-refractivity contribution in [2.45, 2.75) is 30.2 Å². The highest BCUT2D eigenvalue weighted by Crippen LogP contribution is 2.23. The summed E-state index contributed by atoms with van der Waals surface area (Å²) in [6.45, 7) is 2.93. The van der Waals surface area contributed by atoms with Crippen molar-refractivity contribution in [1.82, 2.24) is 4.57 Å². The maximum Gasteiger partial charge on any atom is 0.270 e. The average Bonchev–Trinajstić information content (AvgIpc) is 2.71. The van der Waals surface area contributed by atoms with Gasteiger partial charge in [0.2, 0.25) is 15.7 Å². The Bertz CT molecular complexity index is 1230. The Morgan fingerprint density at radius 1 is 1.03 bits per heavy atom. The molecule has 7 nitrogen and oxygen atoms in total. The van der Waals surface area contributed by atoms with Gasteiger partial charge in [0, 0.05) is 11.4 Å². The van der Waals surface area contributed by atoms with Gasteiger partial charge < -0.3 is 14.6 Å². The summed E-state index contributed by atoms with van der Waals surface area (Å²) < 4.78 is 32.5. The molecule has 0 saturated carbocycles. The van der Waals surface area contributed by atoms with Gasteiger partial charge in [-0.25, -0.2) is 8.42 Å². The third kappa shape index (κ3) is 4.28. The molecule has 0 radical (unpaired) electrons. The van der Waals surface area contributed by atoms with Crippen LogP contribution in [0.1, 0.15) is 11.3 Å². The number of carbonyl (C=O) groups excluding carboxylic acids is 1. The molecule has 3 rings (SSSR count). The van der Waals surface area contributed by atoms with Gasteiger partial charge in [0.15, 0.2) is 0 Å². The summed E-state index contributed by atoms with van der Waals surface area (Å²) in [7, 11) is -2.60. The molecule has 0 bridgehead atoms. The minimum atomic E-state index is -4.08. The summed E-state index contributed by atoms with van der Waals surface area (Å²) in [5, 5.41) is 2.70. The molecule has 0 saturated heterocycles. The van der Waals surface area contributed by atoms with E-state index in [4.69, 9.17) is 4.74 Å². The van der Waals surface area contributed by atoms with Gasteiger partial charge in [-0.1, -0.05) is 18.2 Å². The number of carbonyl (C=O) groups is 1. The van der Waals surface area contributed by atoms with Crippen LogP contribution in [0.4, 0.5) is 5.69 Å². The minimum absolute atomic E-state index is 0.0207. The molecule has 3 aromatic rings.